The van der Waals surface area contributed by atoms with Gasteiger partial charge in [-0.1, -0.05) is 86.1 Å². The van der Waals surface area contributed by atoms with Crippen LogP contribution in [-0.2, 0) is 11.3 Å². The molecule has 0 spiro atoms. The first-order valence-corrected chi connectivity index (χ1v) is 14.2. The Balaban J connectivity index is 1.18. The largest absolute Gasteiger partial charge is 0.491 e. The maximum absolute atomic E-state index is 14.3. The van der Waals surface area contributed by atoms with Crippen molar-refractivity contribution in [3.05, 3.63) is 108 Å². The number of benzene rings is 4. The molecule has 0 radical (unpaired) electrons. The number of hydrogen-bond acceptors (Lipinski definition) is 3. The lowest BCUT2D eigenvalue weighted by Gasteiger charge is -2.29. The van der Waals surface area contributed by atoms with E-state index in [1.54, 1.807) is 6.92 Å². The van der Waals surface area contributed by atoms with Crippen LogP contribution in [0, 0.1) is 11.6 Å². The van der Waals surface area contributed by atoms with Crippen LogP contribution in [0.15, 0.2) is 84.9 Å². The first kappa shape index (κ1) is 27.9. The summed E-state index contributed by atoms with van der Waals surface area (Å²) in [6.07, 6.45) is 5.12. The first-order chi connectivity index (χ1) is 19.6. The van der Waals surface area contributed by atoms with Crippen molar-refractivity contribution >= 4 is 0 Å². The summed E-state index contributed by atoms with van der Waals surface area (Å²) in [6, 6.07) is 28.1. The molecule has 208 valence electrons. The van der Waals surface area contributed by atoms with E-state index in [1.165, 1.54) is 41.7 Å². The van der Waals surface area contributed by atoms with Crippen molar-refractivity contribution in [1.29, 1.82) is 0 Å². The van der Waals surface area contributed by atoms with Crippen LogP contribution in [0.2, 0.25) is 0 Å². The van der Waals surface area contributed by atoms with Gasteiger partial charge >= 0.3 is 0 Å². The summed E-state index contributed by atoms with van der Waals surface area (Å²) in [4.78, 5) is 0. The van der Waals surface area contributed by atoms with E-state index in [9.17, 15) is 8.78 Å². The van der Waals surface area contributed by atoms with E-state index in [0.717, 1.165) is 36.1 Å². The average molecular weight is 543 g/mol. The Morgan fingerprint density at radius 3 is 1.70 bits per heavy atom. The second-order valence-corrected chi connectivity index (χ2v) is 10.3. The van der Waals surface area contributed by atoms with E-state index in [-0.39, 0.29) is 24.7 Å². The molecule has 5 heteroatoms. The predicted octanol–water partition coefficient (Wildman–Crippen LogP) is 9.34. The van der Waals surface area contributed by atoms with Crippen LogP contribution < -0.4 is 9.47 Å². The van der Waals surface area contributed by atoms with Gasteiger partial charge in [0.2, 0.25) is 11.6 Å². The van der Waals surface area contributed by atoms with E-state index in [0.29, 0.717) is 12.0 Å². The quantitative estimate of drug-likeness (QED) is 0.200. The van der Waals surface area contributed by atoms with Gasteiger partial charge in [-0.15, -0.1) is 0 Å². The Kier molecular flexibility index (Phi) is 9.12. The lowest BCUT2D eigenvalue weighted by atomic mass is 9.89. The van der Waals surface area contributed by atoms with Gasteiger partial charge in [0.1, 0.15) is 6.61 Å². The maximum atomic E-state index is 14.3. The van der Waals surface area contributed by atoms with Crippen LogP contribution in [0.5, 0.6) is 11.5 Å². The molecule has 40 heavy (non-hydrogen) atoms. The SMILES string of the molecule is CCCC1CCC(c2ccc(-c3ccc(-c4ccc(COc5ccc(OCC)c(F)c5F)cc4)cc3)cc2)CO1. The van der Waals surface area contributed by atoms with Gasteiger partial charge in [-0.3, -0.25) is 0 Å². The van der Waals surface area contributed by atoms with E-state index in [1.807, 2.05) is 24.3 Å². The van der Waals surface area contributed by atoms with Gasteiger partial charge in [0.05, 0.1) is 19.3 Å². The summed E-state index contributed by atoms with van der Waals surface area (Å²) in [5.41, 5.74) is 6.76. The molecule has 0 amide bonds. The summed E-state index contributed by atoms with van der Waals surface area (Å²) >= 11 is 0. The summed E-state index contributed by atoms with van der Waals surface area (Å²) in [5, 5.41) is 0. The third-order valence-electron chi connectivity index (χ3n) is 7.57. The van der Waals surface area contributed by atoms with E-state index >= 15 is 0 Å². The third kappa shape index (κ3) is 6.53. The molecule has 5 rings (SSSR count). The zero-order valence-corrected chi connectivity index (χ0v) is 23.2. The van der Waals surface area contributed by atoms with Crippen molar-refractivity contribution in [1.82, 2.24) is 0 Å². The van der Waals surface area contributed by atoms with Gasteiger partial charge in [0.25, 0.3) is 0 Å². The number of ether oxygens (including phenoxy) is 3. The average Bonchev–Trinajstić information content (AvgIpc) is 3.00. The van der Waals surface area contributed by atoms with Crippen molar-refractivity contribution in [2.45, 2.75) is 58.2 Å². The Bertz CT molecular complexity index is 1370. The summed E-state index contributed by atoms with van der Waals surface area (Å²) in [7, 11) is 0. The van der Waals surface area contributed by atoms with Crippen LogP contribution in [0.1, 0.15) is 56.6 Å². The Hall–Kier alpha value is -3.70. The molecule has 3 nitrogen and oxygen atoms in total. The van der Waals surface area contributed by atoms with Crippen LogP contribution >= 0.6 is 0 Å². The van der Waals surface area contributed by atoms with Gasteiger partial charge in [0, 0.05) is 5.92 Å². The fraction of sp³-hybridized carbons (Fsp3) is 0.314. The minimum Gasteiger partial charge on any atom is -0.491 e. The molecule has 0 N–H and O–H groups in total. The van der Waals surface area contributed by atoms with E-state index < -0.39 is 11.6 Å². The highest BCUT2D eigenvalue weighted by Gasteiger charge is 2.22. The molecule has 1 aliphatic heterocycles. The molecule has 2 atom stereocenters. The molecule has 2 unspecified atom stereocenters. The topological polar surface area (TPSA) is 27.7 Å². The van der Waals surface area contributed by atoms with Crippen LogP contribution in [0.25, 0.3) is 22.3 Å². The fourth-order valence-electron chi connectivity index (χ4n) is 5.27. The van der Waals surface area contributed by atoms with Crippen molar-refractivity contribution in [2.75, 3.05) is 13.2 Å². The Morgan fingerprint density at radius 1 is 0.675 bits per heavy atom. The molecule has 4 aromatic rings. The molecule has 0 aromatic heterocycles. The highest BCUT2D eigenvalue weighted by molar-refractivity contribution is 5.70. The van der Waals surface area contributed by atoms with E-state index in [4.69, 9.17) is 14.2 Å². The third-order valence-corrected chi connectivity index (χ3v) is 7.57. The minimum absolute atomic E-state index is 0.116. The first-order valence-electron chi connectivity index (χ1n) is 14.2. The van der Waals surface area contributed by atoms with Crippen molar-refractivity contribution < 1.29 is 23.0 Å². The highest BCUT2D eigenvalue weighted by Crippen LogP contribution is 2.32. The lowest BCUT2D eigenvalue weighted by molar-refractivity contribution is -0.00111. The monoisotopic (exact) mass is 542 g/mol. The van der Waals surface area contributed by atoms with E-state index in [2.05, 4.69) is 55.5 Å². The number of halogens is 2. The zero-order chi connectivity index (χ0) is 27.9. The molecule has 1 aliphatic rings. The maximum Gasteiger partial charge on any atom is 0.204 e. The molecule has 1 heterocycles. The van der Waals surface area contributed by atoms with Gasteiger partial charge in [-0.2, -0.15) is 8.78 Å². The Labute approximate surface area is 235 Å². The van der Waals surface area contributed by atoms with Crippen LogP contribution in [0.3, 0.4) is 0 Å². The molecule has 1 fully saturated rings. The van der Waals surface area contributed by atoms with Crippen LogP contribution in [-0.4, -0.2) is 19.3 Å². The predicted molar refractivity (Wildman–Crippen MR) is 156 cm³/mol. The minimum atomic E-state index is -1.04. The summed E-state index contributed by atoms with van der Waals surface area (Å²) < 4.78 is 45.1. The molecule has 0 bridgehead atoms. The fourth-order valence-corrected chi connectivity index (χ4v) is 5.27. The standard InChI is InChI=1S/C35H36F2O3/c1-3-5-31-19-18-30(23-39-31)29-16-14-28(15-17-29)27-12-10-26(11-13-27)25-8-6-24(7-9-25)22-40-33-21-20-32(38-4-2)34(36)35(33)37/h6-17,20-21,30-31H,3-5,18-19,22-23H2,1-2H3. The van der Waals surface area contributed by atoms with Crippen molar-refractivity contribution in [3.8, 4) is 33.8 Å². The summed E-state index contributed by atoms with van der Waals surface area (Å²) in [5.74, 6) is -1.84. The Morgan fingerprint density at radius 2 is 1.20 bits per heavy atom. The van der Waals surface area contributed by atoms with Gasteiger partial charge < -0.3 is 14.2 Å². The molecule has 0 saturated carbocycles. The van der Waals surface area contributed by atoms with Crippen molar-refractivity contribution in [2.24, 2.45) is 0 Å². The van der Waals surface area contributed by atoms with Crippen molar-refractivity contribution in [3.63, 3.8) is 0 Å². The van der Waals surface area contributed by atoms with Crippen LogP contribution in [0.4, 0.5) is 8.78 Å². The highest BCUT2D eigenvalue weighted by atomic mass is 19.2. The number of hydrogen-bond donors (Lipinski definition) is 0. The van der Waals surface area contributed by atoms with Gasteiger partial charge in [-0.05, 0) is 71.7 Å². The molecular formula is C35H36F2O3. The molecule has 4 aromatic carbocycles. The van der Waals surface area contributed by atoms with Gasteiger partial charge in [-0.25, -0.2) is 0 Å². The smallest absolute Gasteiger partial charge is 0.204 e. The normalized spacial score (nSPS) is 17.0. The second-order valence-electron chi connectivity index (χ2n) is 10.3. The summed E-state index contributed by atoms with van der Waals surface area (Å²) in [6.45, 7) is 5.14. The lowest BCUT2D eigenvalue weighted by Crippen LogP contribution is -2.24. The molecule has 0 aliphatic carbocycles. The molecular weight excluding hydrogens is 506 g/mol. The number of rotatable bonds is 10. The zero-order valence-electron chi connectivity index (χ0n) is 23.2. The van der Waals surface area contributed by atoms with Gasteiger partial charge in [0.15, 0.2) is 11.5 Å². The molecule has 1 saturated heterocycles. The second kappa shape index (κ2) is 13.1.